The number of hydrogen-bond acceptors (Lipinski definition) is 8. The van der Waals surface area contributed by atoms with Gasteiger partial charge in [-0.3, -0.25) is 10.2 Å². The molecule has 0 aliphatic carbocycles. The van der Waals surface area contributed by atoms with Gasteiger partial charge in [0.05, 0.1) is 27.8 Å². The van der Waals surface area contributed by atoms with E-state index in [1.54, 1.807) is 6.08 Å². The van der Waals surface area contributed by atoms with Gasteiger partial charge in [0.15, 0.2) is 5.69 Å². The summed E-state index contributed by atoms with van der Waals surface area (Å²) < 4.78 is 65.9. The van der Waals surface area contributed by atoms with E-state index < -0.39 is 27.9 Å². The van der Waals surface area contributed by atoms with Crippen LogP contribution in [0.1, 0.15) is 10.5 Å². The van der Waals surface area contributed by atoms with E-state index in [2.05, 4.69) is 15.1 Å². The van der Waals surface area contributed by atoms with Crippen molar-refractivity contribution >= 4 is 21.4 Å². The molecule has 0 bridgehead atoms. The van der Waals surface area contributed by atoms with Gasteiger partial charge in [-0.1, -0.05) is 0 Å². The Morgan fingerprint density at radius 1 is 1.23 bits per heavy atom. The van der Waals surface area contributed by atoms with Crippen molar-refractivity contribution in [1.82, 2.24) is 15.4 Å². The maximum atomic E-state index is 12.7. The molecule has 2 heterocycles. The minimum absolute atomic E-state index is 0.238. The lowest BCUT2D eigenvalue weighted by Crippen LogP contribution is -2.41. The van der Waals surface area contributed by atoms with E-state index in [9.17, 15) is 26.4 Å². The Balaban J connectivity index is 1.84. The van der Waals surface area contributed by atoms with Gasteiger partial charge in [-0.15, -0.1) is 13.2 Å². The number of amides is 1. The number of nitrogen functional groups attached to an aromatic ring is 1. The number of anilines is 1. The molecule has 0 spiro atoms. The number of allylic oxidation sites excluding steroid dienone is 2. The third-order valence-electron chi connectivity index (χ3n) is 3.96. The highest BCUT2D eigenvalue weighted by atomic mass is 32.2. The molecular weight excluding hydrogens is 441 g/mol. The molecule has 3 rings (SSSR count). The molecule has 0 radical (unpaired) electrons. The Labute approximate surface area is 174 Å². The first-order valence-electron chi connectivity index (χ1n) is 8.46. The number of carbonyl (C=O) groups is 1. The van der Waals surface area contributed by atoms with E-state index in [4.69, 9.17) is 10.8 Å². The van der Waals surface area contributed by atoms with Crippen molar-refractivity contribution in [2.45, 2.75) is 16.2 Å². The maximum absolute atomic E-state index is 12.7. The summed E-state index contributed by atoms with van der Waals surface area (Å²) in [6, 6.07) is 4.62. The third-order valence-corrected chi connectivity index (χ3v) is 5.69. The van der Waals surface area contributed by atoms with Crippen LogP contribution in [0.3, 0.4) is 0 Å². The van der Waals surface area contributed by atoms with Crippen LogP contribution in [-0.4, -0.2) is 42.4 Å². The quantitative estimate of drug-likeness (QED) is 0.619. The normalized spacial score (nSPS) is 14.1. The molecule has 4 N–H and O–H groups in total. The number of nitrogens with zero attached hydrogens (tertiary/aromatic N) is 2. The number of carbonyl (C=O) groups excluding carboxylic acids is 1. The summed E-state index contributed by atoms with van der Waals surface area (Å²) in [5, 5.41) is 10.2. The highest BCUT2D eigenvalue weighted by Crippen LogP contribution is 2.27. The van der Waals surface area contributed by atoms with Crippen LogP contribution in [0.2, 0.25) is 0 Å². The summed E-state index contributed by atoms with van der Waals surface area (Å²) in [5.74, 6) is -1.28. The summed E-state index contributed by atoms with van der Waals surface area (Å²) in [6.07, 6.45) is 0.406. The molecule has 9 nitrogen and oxygen atoms in total. The summed E-state index contributed by atoms with van der Waals surface area (Å²) in [4.78, 5) is 15.7. The van der Waals surface area contributed by atoms with Crippen molar-refractivity contribution in [3.8, 4) is 5.75 Å². The van der Waals surface area contributed by atoms with Crippen molar-refractivity contribution < 1.29 is 36.2 Å². The smallest absolute Gasteiger partial charge is 0.406 e. The zero-order valence-corrected chi connectivity index (χ0v) is 16.3. The lowest BCUT2D eigenvalue weighted by Gasteiger charge is -2.24. The monoisotopic (exact) mass is 456 g/mol. The van der Waals surface area contributed by atoms with Crippen LogP contribution in [0.15, 0.2) is 70.4 Å². The van der Waals surface area contributed by atoms with Gasteiger partial charge in [0.2, 0.25) is 9.84 Å². The first kappa shape index (κ1) is 22.1. The highest BCUT2D eigenvalue weighted by Gasteiger charge is 2.31. The fourth-order valence-corrected chi connectivity index (χ4v) is 3.78. The Morgan fingerprint density at radius 3 is 2.48 bits per heavy atom. The average molecular weight is 456 g/mol. The van der Waals surface area contributed by atoms with Gasteiger partial charge in [-0.2, -0.15) is 0 Å². The number of aromatic nitrogens is 1. The Kier molecular flexibility index (Phi) is 5.90. The predicted octanol–water partition coefficient (Wildman–Crippen LogP) is 1.75. The molecule has 2 aromatic rings. The molecule has 0 saturated heterocycles. The third kappa shape index (κ3) is 4.95. The number of rotatable bonds is 5. The van der Waals surface area contributed by atoms with Crippen LogP contribution in [0.25, 0.3) is 0 Å². The number of hydrazine groups is 1. The molecule has 1 aromatic carbocycles. The molecule has 1 amide bonds. The number of alkyl halides is 3. The van der Waals surface area contributed by atoms with E-state index in [0.29, 0.717) is 5.70 Å². The number of aliphatic hydroxyl groups excluding tert-OH is 1. The van der Waals surface area contributed by atoms with E-state index in [0.717, 1.165) is 41.5 Å². The summed E-state index contributed by atoms with van der Waals surface area (Å²) in [7, 11) is -4.18. The standard InChI is InChI=1S/C18H15F3N4O5S/c19-18(20,21)30-12-3-5-13(6-4-12)31(28,29)14-8-15(22)16(23-9-14)17(27)25-7-1-2-11(10-26)24-25/h1-9,24,26H,10,22H2. The maximum Gasteiger partial charge on any atom is 0.573 e. The van der Waals surface area contributed by atoms with E-state index in [1.807, 2.05) is 0 Å². The zero-order valence-electron chi connectivity index (χ0n) is 15.5. The van der Waals surface area contributed by atoms with Crippen LogP contribution in [0, 0.1) is 0 Å². The fourth-order valence-electron chi connectivity index (χ4n) is 2.54. The molecule has 0 atom stereocenters. The van der Waals surface area contributed by atoms with E-state index in [1.165, 1.54) is 12.3 Å². The minimum Gasteiger partial charge on any atom is -0.406 e. The lowest BCUT2D eigenvalue weighted by molar-refractivity contribution is -0.274. The van der Waals surface area contributed by atoms with Crippen molar-refractivity contribution in [2.24, 2.45) is 0 Å². The highest BCUT2D eigenvalue weighted by molar-refractivity contribution is 7.91. The number of sulfone groups is 1. The van der Waals surface area contributed by atoms with E-state index in [-0.39, 0.29) is 27.8 Å². The second-order valence-corrected chi connectivity index (χ2v) is 8.06. The van der Waals surface area contributed by atoms with Crippen LogP contribution < -0.4 is 15.9 Å². The Hall–Kier alpha value is -3.58. The average Bonchev–Trinajstić information content (AvgIpc) is 2.72. The van der Waals surface area contributed by atoms with Crippen molar-refractivity contribution in [3.05, 3.63) is 66.3 Å². The number of nitrogens with two attached hydrogens (primary N) is 1. The van der Waals surface area contributed by atoms with Gasteiger partial charge in [-0.25, -0.2) is 18.4 Å². The molecule has 1 aliphatic heterocycles. The van der Waals surface area contributed by atoms with Crippen molar-refractivity contribution in [1.29, 1.82) is 0 Å². The van der Waals surface area contributed by atoms with Crippen LogP contribution in [-0.2, 0) is 9.84 Å². The molecule has 13 heteroatoms. The van der Waals surface area contributed by atoms with Gasteiger partial charge in [0, 0.05) is 12.4 Å². The molecule has 164 valence electrons. The topological polar surface area (TPSA) is 135 Å². The minimum atomic E-state index is -4.91. The number of hydrogen-bond donors (Lipinski definition) is 3. The molecule has 0 fully saturated rings. The first-order chi connectivity index (χ1) is 14.5. The van der Waals surface area contributed by atoms with Crippen LogP contribution >= 0.6 is 0 Å². The second-order valence-electron chi connectivity index (χ2n) is 6.11. The Morgan fingerprint density at radius 2 is 1.90 bits per heavy atom. The number of ether oxygens (including phenoxy) is 1. The van der Waals surface area contributed by atoms with Crippen LogP contribution in [0.5, 0.6) is 5.75 Å². The second kappa shape index (κ2) is 8.28. The van der Waals surface area contributed by atoms with Gasteiger partial charge in [0.25, 0.3) is 5.91 Å². The SMILES string of the molecule is Nc1cc(S(=O)(=O)c2ccc(OC(F)(F)F)cc2)cnc1C(=O)N1C=CC=C(CO)N1. The zero-order chi connectivity index (χ0) is 22.8. The van der Waals surface area contributed by atoms with Gasteiger partial charge >= 0.3 is 6.36 Å². The number of benzene rings is 1. The van der Waals surface area contributed by atoms with Gasteiger partial charge in [0.1, 0.15) is 5.75 Å². The lowest BCUT2D eigenvalue weighted by atomic mass is 10.2. The molecule has 1 aliphatic rings. The van der Waals surface area contributed by atoms with Gasteiger partial charge < -0.3 is 15.6 Å². The van der Waals surface area contributed by atoms with Crippen LogP contribution in [0.4, 0.5) is 18.9 Å². The molecular formula is C18H15F3N4O5S. The number of halogens is 3. The summed E-state index contributed by atoms with van der Waals surface area (Å²) in [5.41, 5.74) is 8.31. The van der Waals surface area contributed by atoms with Crippen molar-refractivity contribution in [3.63, 3.8) is 0 Å². The largest absolute Gasteiger partial charge is 0.573 e. The van der Waals surface area contributed by atoms with Gasteiger partial charge in [-0.05, 0) is 42.5 Å². The number of pyridine rings is 1. The Bertz CT molecular complexity index is 1160. The summed E-state index contributed by atoms with van der Waals surface area (Å²) >= 11 is 0. The van der Waals surface area contributed by atoms with Crippen molar-refractivity contribution in [2.75, 3.05) is 12.3 Å². The van der Waals surface area contributed by atoms with E-state index >= 15 is 0 Å². The molecule has 31 heavy (non-hydrogen) atoms. The summed E-state index contributed by atoms with van der Waals surface area (Å²) in [6.45, 7) is -0.346. The number of aliphatic hydroxyl groups is 1. The molecule has 1 aromatic heterocycles. The fraction of sp³-hybridized carbons (Fsp3) is 0.111. The predicted molar refractivity (Wildman–Crippen MR) is 101 cm³/mol. The first-order valence-corrected chi connectivity index (χ1v) is 9.94. The molecule has 0 unspecified atom stereocenters. The molecule has 0 saturated carbocycles. The number of nitrogens with one attached hydrogen (secondary N) is 1.